The highest BCUT2D eigenvalue weighted by molar-refractivity contribution is 5.26. The molecule has 0 radical (unpaired) electrons. The van der Waals surface area contributed by atoms with Crippen LogP contribution < -0.4 is 0 Å². The van der Waals surface area contributed by atoms with Crippen molar-refractivity contribution < 1.29 is 5.11 Å². The van der Waals surface area contributed by atoms with Crippen LogP contribution in [0.3, 0.4) is 0 Å². The molecular formula is C19H28O. The number of hydrogen-bond donors (Lipinski definition) is 1. The number of allylic oxidation sites excluding steroid dienone is 3. The number of aliphatic hydroxyl groups is 1. The molecule has 2 saturated carbocycles. The summed E-state index contributed by atoms with van der Waals surface area (Å²) in [6.45, 7) is 5.00. The lowest BCUT2D eigenvalue weighted by atomic mass is 9.47. The number of hydrogen-bond acceptors (Lipinski definition) is 1. The first kappa shape index (κ1) is 13.1. The largest absolute Gasteiger partial charge is 0.389 e. The third-order valence-electron chi connectivity index (χ3n) is 7.42. The van der Waals surface area contributed by atoms with Crippen molar-refractivity contribution in [3.05, 3.63) is 23.8 Å². The molecule has 0 heterocycles. The van der Waals surface area contributed by atoms with E-state index in [0.717, 1.165) is 24.2 Å². The van der Waals surface area contributed by atoms with Crippen LogP contribution in [0.4, 0.5) is 0 Å². The fourth-order valence-electron chi connectivity index (χ4n) is 6.19. The zero-order valence-corrected chi connectivity index (χ0v) is 12.9. The number of aliphatic hydroxyl groups excluding tert-OH is 1. The van der Waals surface area contributed by atoms with Gasteiger partial charge in [-0.2, -0.15) is 0 Å². The molecule has 6 atom stereocenters. The van der Waals surface area contributed by atoms with E-state index in [1.165, 1.54) is 38.5 Å². The lowest BCUT2D eigenvalue weighted by Crippen LogP contribution is -2.49. The second kappa shape index (κ2) is 4.22. The maximum absolute atomic E-state index is 9.96. The summed E-state index contributed by atoms with van der Waals surface area (Å²) in [4.78, 5) is 0. The van der Waals surface area contributed by atoms with Gasteiger partial charge in [0.2, 0.25) is 0 Å². The number of fused-ring (bicyclic) bond motifs is 5. The van der Waals surface area contributed by atoms with E-state index in [0.29, 0.717) is 10.8 Å². The van der Waals surface area contributed by atoms with Crippen molar-refractivity contribution in [2.24, 2.45) is 28.6 Å². The summed E-state index contributed by atoms with van der Waals surface area (Å²) in [5, 5.41) is 9.96. The zero-order chi connectivity index (χ0) is 14.0. The molecule has 20 heavy (non-hydrogen) atoms. The molecule has 0 aromatic heterocycles. The fourth-order valence-corrected chi connectivity index (χ4v) is 6.19. The fraction of sp³-hybridized carbons (Fsp3) is 0.789. The first-order chi connectivity index (χ1) is 9.53. The standard InChI is InChI=1S/C19H28O/c1-18-9-3-4-16(18)15-6-5-13-12-14(20)7-11-19(13,2)17(15)8-10-18/h3,9,12,14-17,20H,4-8,10-11H2,1-2H3/t14-,15-,16-,17-,18-,19-/m0/s1. The highest BCUT2D eigenvalue weighted by Crippen LogP contribution is 2.63. The van der Waals surface area contributed by atoms with Gasteiger partial charge in [-0.25, -0.2) is 0 Å². The molecule has 1 heteroatoms. The van der Waals surface area contributed by atoms with Gasteiger partial charge in [0.15, 0.2) is 0 Å². The Balaban J connectivity index is 1.68. The molecule has 4 aliphatic carbocycles. The molecule has 4 rings (SSSR count). The second-order valence-electron chi connectivity index (χ2n) is 8.31. The molecule has 1 nitrogen and oxygen atoms in total. The summed E-state index contributed by atoms with van der Waals surface area (Å²) in [6, 6.07) is 0. The minimum Gasteiger partial charge on any atom is -0.389 e. The molecule has 1 N–H and O–H groups in total. The predicted molar refractivity (Wildman–Crippen MR) is 82.2 cm³/mol. The van der Waals surface area contributed by atoms with Crippen molar-refractivity contribution in [2.75, 3.05) is 0 Å². The first-order valence-electron chi connectivity index (χ1n) is 8.60. The molecule has 0 saturated heterocycles. The molecular weight excluding hydrogens is 244 g/mol. The summed E-state index contributed by atoms with van der Waals surface area (Å²) in [6.07, 6.45) is 15.9. The maximum Gasteiger partial charge on any atom is 0.0724 e. The Hall–Kier alpha value is -0.560. The van der Waals surface area contributed by atoms with Crippen molar-refractivity contribution in [1.29, 1.82) is 0 Å². The van der Waals surface area contributed by atoms with E-state index in [1.54, 1.807) is 5.57 Å². The van der Waals surface area contributed by atoms with Crippen LogP contribution >= 0.6 is 0 Å². The average Bonchev–Trinajstić information content (AvgIpc) is 2.81. The molecule has 0 unspecified atom stereocenters. The molecule has 0 bridgehead atoms. The minimum atomic E-state index is -0.170. The Morgan fingerprint density at radius 3 is 2.80 bits per heavy atom. The van der Waals surface area contributed by atoms with E-state index in [2.05, 4.69) is 32.1 Å². The molecule has 110 valence electrons. The highest BCUT2D eigenvalue weighted by atomic mass is 16.3. The zero-order valence-electron chi connectivity index (χ0n) is 12.9. The number of rotatable bonds is 0. The van der Waals surface area contributed by atoms with E-state index in [1.807, 2.05) is 0 Å². The summed E-state index contributed by atoms with van der Waals surface area (Å²) in [7, 11) is 0. The van der Waals surface area contributed by atoms with Gasteiger partial charge in [-0.15, -0.1) is 0 Å². The van der Waals surface area contributed by atoms with Crippen molar-refractivity contribution in [1.82, 2.24) is 0 Å². The minimum absolute atomic E-state index is 0.170. The molecule has 0 aliphatic heterocycles. The topological polar surface area (TPSA) is 20.2 Å². The van der Waals surface area contributed by atoms with Gasteiger partial charge in [0, 0.05) is 0 Å². The third kappa shape index (κ3) is 1.65. The average molecular weight is 272 g/mol. The van der Waals surface area contributed by atoms with Crippen molar-refractivity contribution in [3.63, 3.8) is 0 Å². The SMILES string of the molecule is C[C@@]12C=CC[C@H]1[C@@H]1CCC3=C[C@@H](O)CC[C@]3(C)[C@H]1CC2. The normalized spacial score (nSPS) is 53.9. The first-order valence-corrected chi connectivity index (χ1v) is 8.60. The van der Waals surface area contributed by atoms with E-state index in [-0.39, 0.29) is 6.10 Å². The smallest absolute Gasteiger partial charge is 0.0724 e. The van der Waals surface area contributed by atoms with Crippen molar-refractivity contribution in [3.8, 4) is 0 Å². The van der Waals surface area contributed by atoms with Gasteiger partial charge in [0.05, 0.1) is 6.10 Å². The van der Waals surface area contributed by atoms with Gasteiger partial charge in [-0.3, -0.25) is 0 Å². The Kier molecular flexibility index (Phi) is 2.77. The third-order valence-corrected chi connectivity index (χ3v) is 7.42. The van der Waals surface area contributed by atoms with Crippen molar-refractivity contribution in [2.45, 2.75) is 64.9 Å². The lowest BCUT2D eigenvalue weighted by molar-refractivity contribution is -0.0309. The summed E-state index contributed by atoms with van der Waals surface area (Å²) in [5.74, 6) is 2.68. The van der Waals surface area contributed by atoms with Gasteiger partial charge in [0.1, 0.15) is 0 Å². The molecule has 0 aromatic carbocycles. The van der Waals surface area contributed by atoms with Crippen LogP contribution in [0.2, 0.25) is 0 Å². The second-order valence-corrected chi connectivity index (χ2v) is 8.31. The summed E-state index contributed by atoms with van der Waals surface area (Å²) >= 11 is 0. The van der Waals surface area contributed by atoms with Crippen LogP contribution in [0.15, 0.2) is 23.8 Å². The summed E-state index contributed by atoms with van der Waals surface area (Å²) in [5.41, 5.74) is 2.48. The molecule has 0 amide bonds. The van der Waals surface area contributed by atoms with Crippen LogP contribution in [-0.4, -0.2) is 11.2 Å². The van der Waals surface area contributed by atoms with E-state index in [4.69, 9.17) is 0 Å². The molecule has 2 fully saturated rings. The van der Waals surface area contributed by atoms with Gasteiger partial charge >= 0.3 is 0 Å². The van der Waals surface area contributed by atoms with E-state index >= 15 is 0 Å². The van der Waals surface area contributed by atoms with E-state index < -0.39 is 0 Å². The van der Waals surface area contributed by atoms with Gasteiger partial charge in [-0.05, 0) is 73.5 Å². The quantitative estimate of drug-likeness (QED) is 0.645. The Morgan fingerprint density at radius 1 is 1.10 bits per heavy atom. The van der Waals surface area contributed by atoms with Gasteiger partial charge in [0.25, 0.3) is 0 Å². The van der Waals surface area contributed by atoms with Crippen LogP contribution in [0.5, 0.6) is 0 Å². The maximum atomic E-state index is 9.96. The molecule has 0 aromatic rings. The monoisotopic (exact) mass is 272 g/mol. The Bertz CT molecular complexity index is 476. The summed E-state index contributed by atoms with van der Waals surface area (Å²) < 4.78 is 0. The van der Waals surface area contributed by atoms with Gasteiger partial charge in [-0.1, -0.05) is 37.6 Å². The Labute approximate surface area is 123 Å². The van der Waals surface area contributed by atoms with Crippen LogP contribution in [0.25, 0.3) is 0 Å². The van der Waals surface area contributed by atoms with Crippen LogP contribution in [0.1, 0.15) is 58.8 Å². The highest BCUT2D eigenvalue weighted by Gasteiger charge is 2.54. The Morgan fingerprint density at radius 2 is 1.95 bits per heavy atom. The van der Waals surface area contributed by atoms with Crippen LogP contribution in [0, 0.1) is 28.6 Å². The van der Waals surface area contributed by atoms with Crippen LogP contribution in [-0.2, 0) is 0 Å². The van der Waals surface area contributed by atoms with Gasteiger partial charge < -0.3 is 5.11 Å². The molecule has 4 aliphatic rings. The van der Waals surface area contributed by atoms with E-state index in [9.17, 15) is 5.11 Å². The predicted octanol–water partition coefficient (Wildman–Crippen LogP) is 4.48. The van der Waals surface area contributed by atoms with Crippen molar-refractivity contribution >= 4 is 0 Å². The molecule has 0 spiro atoms. The lowest BCUT2D eigenvalue weighted by Gasteiger charge is -2.57.